The Balaban J connectivity index is 3.82. The number of carbonyl (C=O) groups excluding carboxylic acids is 2. The molecule has 0 aliphatic heterocycles. The van der Waals surface area contributed by atoms with Crippen molar-refractivity contribution in [1.29, 1.82) is 5.26 Å². The second-order valence-electron chi connectivity index (χ2n) is 7.52. The summed E-state index contributed by atoms with van der Waals surface area (Å²) in [6.45, 7) is 5.18. The van der Waals surface area contributed by atoms with E-state index in [-0.39, 0.29) is 23.9 Å². The minimum atomic E-state index is -0.656. The van der Waals surface area contributed by atoms with Crippen molar-refractivity contribution in [3.8, 4) is 6.07 Å². The fraction of sp³-hybridized carbons (Fsp3) is 0.762. The number of nitriles is 1. The van der Waals surface area contributed by atoms with Gasteiger partial charge in [0.2, 0.25) is 11.8 Å². The van der Waals surface area contributed by atoms with Crippen molar-refractivity contribution < 1.29 is 9.59 Å². The van der Waals surface area contributed by atoms with Gasteiger partial charge in [-0.15, -0.1) is 0 Å². The molecule has 6 N–H and O–H groups in total. The number of nitrogens with zero attached hydrogens (tertiary/aromatic N) is 1. The average Bonchev–Trinajstić information content (AvgIpc) is 2.63. The first-order chi connectivity index (χ1) is 13.4. The monoisotopic (exact) mass is 393 g/mol. The normalized spacial score (nSPS) is 14.2. The highest BCUT2D eigenvalue weighted by Crippen LogP contribution is 2.07. The zero-order valence-electron chi connectivity index (χ0n) is 17.6. The molecule has 3 atom stereocenters. The van der Waals surface area contributed by atoms with Crippen LogP contribution in [0.25, 0.3) is 0 Å². The van der Waals surface area contributed by atoms with E-state index in [1.54, 1.807) is 6.08 Å². The molecule has 0 spiro atoms. The van der Waals surface area contributed by atoms with Crippen molar-refractivity contribution >= 4 is 11.8 Å². The average molecular weight is 394 g/mol. The smallest absolute Gasteiger partial charge is 0.237 e. The lowest BCUT2D eigenvalue weighted by Gasteiger charge is -2.10. The Kier molecular flexibility index (Phi) is 16.0. The Hall–Kier alpha value is -1.91. The standard InChI is InChI=1S/C21H39N5O2/c1-17(23)10-6-8-14-25-20(27)13-5-3-4-12-19(16-22)21(28)26-15-9-7-11-18(2)24/h3,5,17-19H,4,6-15,23-24H2,1-2H3,(H,25,27)(H,26,28). The van der Waals surface area contributed by atoms with Gasteiger partial charge in [-0.25, -0.2) is 0 Å². The fourth-order valence-electron chi connectivity index (χ4n) is 2.64. The molecule has 0 radical (unpaired) electrons. The van der Waals surface area contributed by atoms with Gasteiger partial charge in [0.25, 0.3) is 0 Å². The molecule has 0 heterocycles. The van der Waals surface area contributed by atoms with E-state index in [2.05, 4.69) is 16.7 Å². The molecule has 0 saturated carbocycles. The molecule has 0 aliphatic carbocycles. The molecule has 160 valence electrons. The number of rotatable bonds is 16. The summed E-state index contributed by atoms with van der Waals surface area (Å²) in [4.78, 5) is 23.7. The third kappa shape index (κ3) is 16.3. The van der Waals surface area contributed by atoms with Crippen molar-refractivity contribution in [3.05, 3.63) is 12.2 Å². The zero-order chi connectivity index (χ0) is 21.2. The predicted octanol–water partition coefficient (Wildman–Crippen LogP) is 2.12. The predicted molar refractivity (Wildman–Crippen MR) is 113 cm³/mol. The summed E-state index contributed by atoms with van der Waals surface area (Å²) in [6, 6.07) is 2.44. The SMILES string of the molecule is CC(N)CCCCNC(=O)CC=CCCC(C#N)C(=O)NCCCCC(C)N. The molecule has 0 aromatic heterocycles. The van der Waals surface area contributed by atoms with Crippen LogP contribution in [0.3, 0.4) is 0 Å². The second kappa shape index (κ2) is 17.2. The molecule has 7 nitrogen and oxygen atoms in total. The number of nitrogens with two attached hydrogens (primary N) is 2. The Labute approximate surface area is 170 Å². The van der Waals surface area contributed by atoms with Crippen molar-refractivity contribution in [1.82, 2.24) is 10.6 Å². The van der Waals surface area contributed by atoms with Crippen LogP contribution in [0.2, 0.25) is 0 Å². The minimum Gasteiger partial charge on any atom is -0.356 e. The first kappa shape index (κ1) is 26.1. The van der Waals surface area contributed by atoms with E-state index in [9.17, 15) is 9.59 Å². The Morgan fingerprint density at radius 2 is 1.50 bits per heavy atom. The van der Waals surface area contributed by atoms with Crippen LogP contribution in [0.1, 0.15) is 71.6 Å². The molecule has 7 heteroatoms. The van der Waals surface area contributed by atoms with Gasteiger partial charge in [0, 0.05) is 31.6 Å². The molecule has 28 heavy (non-hydrogen) atoms. The molecule has 0 aliphatic rings. The van der Waals surface area contributed by atoms with E-state index in [0.717, 1.165) is 38.5 Å². The van der Waals surface area contributed by atoms with Gasteiger partial charge in [-0.2, -0.15) is 5.26 Å². The van der Waals surface area contributed by atoms with Gasteiger partial charge >= 0.3 is 0 Å². The molecule has 0 aromatic rings. The van der Waals surface area contributed by atoms with E-state index in [1.165, 1.54) is 0 Å². The van der Waals surface area contributed by atoms with Crippen molar-refractivity contribution in [2.75, 3.05) is 13.1 Å². The van der Waals surface area contributed by atoms with Crippen LogP contribution in [-0.2, 0) is 9.59 Å². The summed E-state index contributed by atoms with van der Waals surface area (Å²) in [7, 11) is 0. The Bertz CT molecular complexity index is 498. The quantitative estimate of drug-likeness (QED) is 0.235. The van der Waals surface area contributed by atoms with E-state index in [1.807, 2.05) is 19.9 Å². The largest absolute Gasteiger partial charge is 0.356 e. The first-order valence-corrected chi connectivity index (χ1v) is 10.5. The zero-order valence-corrected chi connectivity index (χ0v) is 17.6. The second-order valence-corrected chi connectivity index (χ2v) is 7.52. The van der Waals surface area contributed by atoms with Gasteiger partial charge in [0.1, 0.15) is 5.92 Å². The fourth-order valence-corrected chi connectivity index (χ4v) is 2.64. The van der Waals surface area contributed by atoms with Gasteiger partial charge in [-0.1, -0.05) is 25.0 Å². The van der Waals surface area contributed by atoms with Crippen LogP contribution in [0.5, 0.6) is 0 Å². The number of hydrogen-bond donors (Lipinski definition) is 4. The van der Waals surface area contributed by atoms with Gasteiger partial charge in [0.05, 0.1) is 6.07 Å². The van der Waals surface area contributed by atoms with E-state index >= 15 is 0 Å². The lowest BCUT2D eigenvalue weighted by atomic mass is 10.0. The van der Waals surface area contributed by atoms with E-state index in [4.69, 9.17) is 16.7 Å². The lowest BCUT2D eigenvalue weighted by Crippen LogP contribution is -2.30. The van der Waals surface area contributed by atoms with Gasteiger partial charge in [0.15, 0.2) is 0 Å². The van der Waals surface area contributed by atoms with Crippen LogP contribution in [0.15, 0.2) is 12.2 Å². The van der Waals surface area contributed by atoms with Crippen molar-refractivity contribution in [2.45, 2.75) is 83.7 Å². The molecule has 0 bridgehead atoms. The van der Waals surface area contributed by atoms with Crippen molar-refractivity contribution in [3.63, 3.8) is 0 Å². The molecule has 0 saturated heterocycles. The first-order valence-electron chi connectivity index (χ1n) is 10.5. The summed E-state index contributed by atoms with van der Waals surface area (Å²) in [5.74, 6) is -0.892. The number of allylic oxidation sites excluding steroid dienone is 1. The van der Waals surface area contributed by atoms with Crippen LogP contribution in [-0.4, -0.2) is 37.0 Å². The van der Waals surface area contributed by atoms with Crippen LogP contribution in [0.4, 0.5) is 0 Å². The Morgan fingerprint density at radius 1 is 0.929 bits per heavy atom. The summed E-state index contributed by atoms with van der Waals surface area (Å²) in [6.07, 6.45) is 10.7. The highest BCUT2D eigenvalue weighted by atomic mass is 16.2. The maximum Gasteiger partial charge on any atom is 0.237 e. The van der Waals surface area contributed by atoms with E-state index < -0.39 is 5.92 Å². The van der Waals surface area contributed by atoms with Crippen LogP contribution in [0, 0.1) is 17.2 Å². The number of amides is 2. The molecular weight excluding hydrogens is 354 g/mol. The molecule has 2 amide bonds. The van der Waals surface area contributed by atoms with Gasteiger partial charge in [-0.3, -0.25) is 9.59 Å². The molecular formula is C21H39N5O2. The lowest BCUT2D eigenvalue weighted by molar-refractivity contribution is -0.123. The number of carbonyl (C=O) groups is 2. The topological polar surface area (TPSA) is 134 Å². The van der Waals surface area contributed by atoms with Gasteiger partial charge < -0.3 is 22.1 Å². The molecule has 0 fully saturated rings. The summed E-state index contributed by atoms with van der Waals surface area (Å²) < 4.78 is 0. The summed E-state index contributed by atoms with van der Waals surface area (Å²) in [5, 5.41) is 14.8. The number of hydrogen-bond acceptors (Lipinski definition) is 5. The Morgan fingerprint density at radius 3 is 2.04 bits per heavy atom. The molecule has 0 aromatic carbocycles. The summed E-state index contributed by atoms with van der Waals surface area (Å²) >= 11 is 0. The highest BCUT2D eigenvalue weighted by Gasteiger charge is 2.16. The number of nitrogens with one attached hydrogen (secondary N) is 2. The maximum atomic E-state index is 12.0. The van der Waals surface area contributed by atoms with Gasteiger partial charge in [-0.05, 0) is 52.4 Å². The van der Waals surface area contributed by atoms with Crippen molar-refractivity contribution in [2.24, 2.45) is 17.4 Å². The summed E-state index contributed by atoms with van der Waals surface area (Å²) in [5.41, 5.74) is 11.4. The third-order valence-electron chi connectivity index (χ3n) is 4.36. The number of unbranched alkanes of at least 4 members (excludes halogenated alkanes) is 2. The van der Waals surface area contributed by atoms with Crippen LogP contribution < -0.4 is 22.1 Å². The third-order valence-corrected chi connectivity index (χ3v) is 4.36. The van der Waals surface area contributed by atoms with E-state index in [0.29, 0.717) is 32.4 Å². The van der Waals surface area contributed by atoms with Crippen LogP contribution >= 0.6 is 0 Å². The minimum absolute atomic E-state index is 0.0154. The highest BCUT2D eigenvalue weighted by molar-refractivity contribution is 5.81. The molecule has 0 rings (SSSR count). The molecule has 3 unspecified atom stereocenters. The maximum absolute atomic E-state index is 12.0.